The Kier molecular flexibility index (Phi) is 4.79. The summed E-state index contributed by atoms with van der Waals surface area (Å²) in [6.07, 6.45) is 4.55. The zero-order valence-electron chi connectivity index (χ0n) is 12.3. The van der Waals surface area contributed by atoms with Gasteiger partial charge in [0.05, 0.1) is 13.3 Å². The monoisotopic (exact) mass is 274 g/mol. The van der Waals surface area contributed by atoms with Crippen LogP contribution in [0, 0.1) is 5.92 Å². The number of benzene rings is 1. The maximum atomic E-state index is 9.22. The van der Waals surface area contributed by atoms with E-state index in [2.05, 4.69) is 25.1 Å². The summed E-state index contributed by atoms with van der Waals surface area (Å²) in [7, 11) is 1.65. The van der Waals surface area contributed by atoms with E-state index in [4.69, 9.17) is 4.74 Å². The van der Waals surface area contributed by atoms with Gasteiger partial charge >= 0.3 is 0 Å². The van der Waals surface area contributed by atoms with Gasteiger partial charge in [-0.15, -0.1) is 0 Å². The van der Waals surface area contributed by atoms with Crippen LogP contribution in [-0.2, 0) is 13.0 Å². The minimum Gasteiger partial charge on any atom is -0.497 e. The molecule has 0 atom stereocenters. The first-order chi connectivity index (χ1) is 9.63. The first kappa shape index (κ1) is 14.6. The zero-order valence-corrected chi connectivity index (χ0v) is 12.3. The summed E-state index contributed by atoms with van der Waals surface area (Å²) in [5, 5.41) is 13.6. The first-order valence-electron chi connectivity index (χ1n) is 6.94. The number of ether oxygens (including phenoxy) is 1. The van der Waals surface area contributed by atoms with Crippen molar-refractivity contribution in [1.82, 2.24) is 9.78 Å². The summed E-state index contributed by atoms with van der Waals surface area (Å²) in [4.78, 5) is 0. The second-order valence-corrected chi connectivity index (χ2v) is 5.34. The lowest BCUT2D eigenvalue weighted by Crippen LogP contribution is -2.04. The minimum atomic E-state index is 0.125. The lowest BCUT2D eigenvalue weighted by Gasteiger charge is -2.09. The standard InChI is InChI=1S/C16H22N2O2/c1-12(2)10-18-11-14(9-17-18)16-5-4-15(20-3)8-13(16)6-7-19/h4-5,8-9,11-12,19H,6-7,10H2,1-3H3. The molecule has 1 aromatic carbocycles. The normalized spacial score (nSPS) is 11.1. The van der Waals surface area contributed by atoms with Gasteiger partial charge in [0.15, 0.2) is 0 Å². The predicted molar refractivity (Wildman–Crippen MR) is 79.8 cm³/mol. The Morgan fingerprint density at radius 2 is 2.15 bits per heavy atom. The van der Waals surface area contributed by atoms with Crippen LogP contribution in [0.5, 0.6) is 5.75 Å². The molecular weight excluding hydrogens is 252 g/mol. The Morgan fingerprint density at radius 3 is 2.80 bits per heavy atom. The van der Waals surface area contributed by atoms with E-state index in [-0.39, 0.29) is 6.61 Å². The summed E-state index contributed by atoms with van der Waals surface area (Å²) in [6.45, 7) is 5.38. The third-order valence-electron chi connectivity index (χ3n) is 3.19. The van der Waals surface area contributed by atoms with Crippen molar-refractivity contribution in [1.29, 1.82) is 0 Å². The number of nitrogens with zero attached hydrogens (tertiary/aromatic N) is 2. The first-order valence-corrected chi connectivity index (χ1v) is 6.94. The van der Waals surface area contributed by atoms with Gasteiger partial charge in [-0.05, 0) is 35.6 Å². The second kappa shape index (κ2) is 6.57. The number of aliphatic hydroxyl groups excluding tert-OH is 1. The van der Waals surface area contributed by atoms with Gasteiger partial charge in [0.25, 0.3) is 0 Å². The molecule has 0 fully saturated rings. The molecule has 0 amide bonds. The summed E-state index contributed by atoms with van der Waals surface area (Å²) in [5.41, 5.74) is 3.27. The molecule has 0 saturated heterocycles. The number of methoxy groups -OCH3 is 1. The predicted octanol–water partition coefficient (Wildman–Crippen LogP) is 2.75. The Morgan fingerprint density at radius 1 is 1.35 bits per heavy atom. The van der Waals surface area contributed by atoms with E-state index in [1.54, 1.807) is 7.11 Å². The zero-order chi connectivity index (χ0) is 14.5. The van der Waals surface area contributed by atoms with Crippen molar-refractivity contribution in [2.75, 3.05) is 13.7 Å². The lowest BCUT2D eigenvalue weighted by molar-refractivity contribution is 0.299. The fraction of sp³-hybridized carbons (Fsp3) is 0.438. The van der Waals surface area contributed by atoms with Gasteiger partial charge in [0.1, 0.15) is 5.75 Å². The maximum absolute atomic E-state index is 9.22. The molecule has 108 valence electrons. The highest BCUT2D eigenvalue weighted by Gasteiger charge is 2.09. The van der Waals surface area contributed by atoms with E-state index in [1.807, 2.05) is 29.1 Å². The van der Waals surface area contributed by atoms with Crippen LogP contribution in [0.1, 0.15) is 19.4 Å². The van der Waals surface area contributed by atoms with Crippen molar-refractivity contribution >= 4 is 0 Å². The van der Waals surface area contributed by atoms with Gasteiger partial charge in [-0.25, -0.2) is 0 Å². The van der Waals surface area contributed by atoms with Gasteiger partial charge in [-0.3, -0.25) is 4.68 Å². The van der Waals surface area contributed by atoms with Crippen LogP contribution in [0.15, 0.2) is 30.6 Å². The highest BCUT2D eigenvalue weighted by Crippen LogP contribution is 2.27. The Hall–Kier alpha value is -1.81. The fourth-order valence-corrected chi connectivity index (χ4v) is 2.28. The lowest BCUT2D eigenvalue weighted by atomic mass is 10.00. The van der Waals surface area contributed by atoms with Crippen LogP contribution in [0.3, 0.4) is 0 Å². The molecule has 1 aromatic heterocycles. The van der Waals surface area contributed by atoms with Crippen molar-refractivity contribution in [3.8, 4) is 16.9 Å². The Bertz CT molecular complexity index is 561. The fourth-order valence-electron chi connectivity index (χ4n) is 2.28. The molecule has 0 aliphatic rings. The van der Waals surface area contributed by atoms with E-state index in [1.165, 1.54) is 0 Å². The highest BCUT2D eigenvalue weighted by atomic mass is 16.5. The molecule has 1 N–H and O–H groups in total. The smallest absolute Gasteiger partial charge is 0.119 e. The maximum Gasteiger partial charge on any atom is 0.119 e. The van der Waals surface area contributed by atoms with Crippen molar-refractivity contribution in [3.05, 3.63) is 36.2 Å². The quantitative estimate of drug-likeness (QED) is 0.881. The van der Waals surface area contributed by atoms with E-state index < -0.39 is 0 Å². The van der Waals surface area contributed by atoms with Crippen molar-refractivity contribution in [2.45, 2.75) is 26.8 Å². The molecule has 4 heteroatoms. The van der Waals surface area contributed by atoms with Crippen LogP contribution < -0.4 is 4.74 Å². The van der Waals surface area contributed by atoms with Gasteiger partial charge in [-0.2, -0.15) is 5.10 Å². The molecule has 0 aliphatic heterocycles. The SMILES string of the molecule is COc1ccc(-c2cnn(CC(C)C)c2)c(CCO)c1. The average molecular weight is 274 g/mol. The summed E-state index contributed by atoms with van der Waals surface area (Å²) in [6, 6.07) is 5.95. The molecule has 2 rings (SSSR count). The summed E-state index contributed by atoms with van der Waals surface area (Å²) in [5.74, 6) is 1.38. The van der Waals surface area contributed by atoms with Crippen LogP contribution >= 0.6 is 0 Å². The highest BCUT2D eigenvalue weighted by molar-refractivity contribution is 5.67. The van der Waals surface area contributed by atoms with E-state index in [0.29, 0.717) is 12.3 Å². The largest absolute Gasteiger partial charge is 0.497 e. The van der Waals surface area contributed by atoms with Crippen LogP contribution in [-0.4, -0.2) is 28.6 Å². The molecule has 0 aliphatic carbocycles. The van der Waals surface area contributed by atoms with E-state index in [0.717, 1.165) is 29.0 Å². The molecule has 1 heterocycles. The van der Waals surface area contributed by atoms with E-state index >= 15 is 0 Å². The van der Waals surface area contributed by atoms with Gasteiger partial charge in [-0.1, -0.05) is 19.9 Å². The molecule has 0 bridgehead atoms. The number of rotatable bonds is 6. The van der Waals surface area contributed by atoms with E-state index in [9.17, 15) is 5.11 Å². The number of hydrogen-bond donors (Lipinski definition) is 1. The van der Waals surface area contributed by atoms with Gasteiger partial charge in [0, 0.05) is 24.9 Å². The third kappa shape index (κ3) is 3.39. The summed E-state index contributed by atoms with van der Waals surface area (Å²) >= 11 is 0. The number of hydrogen-bond acceptors (Lipinski definition) is 3. The molecule has 20 heavy (non-hydrogen) atoms. The molecule has 2 aromatic rings. The topological polar surface area (TPSA) is 47.3 Å². The molecule has 4 nitrogen and oxygen atoms in total. The van der Waals surface area contributed by atoms with Crippen LogP contribution in [0.4, 0.5) is 0 Å². The Labute approximate surface area is 120 Å². The molecule has 0 spiro atoms. The number of aliphatic hydroxyl groups is 1. The van der Waals surface area contributed by atoms with Crippen molar-refractivity contribution < 1.29 is 9.84 Å². The molecular formula is C16H22N2O2. The van der Waals surface area contributed by atoms with Crippen molar-refractivity contribution in [2.24, 2.45) is 5.92 Å². The van der Waals surface area contributed by atoms with Gasteiger partial charge in [0.2, 0.25) is 0 Å². The average Bonchev–Trinajstić information content (AvgIpc) is 2.86. The molecule has 0 unspecified atom stereocenters. The molecule has 0 radical (unpaired) electrons. The Balaban J connectivity index is 2.33. The summed E-state index contributed by atoms with van der Waals surface area (Å²) < 4.78 is 7.21. The molecule has 0 saturated carbocycles. The van der Waals surface area contributed by atoms with Gasteiger partial charge < -0.3 is 9.84 Å². The second-order valence-electron chi connectivity index (χ2n) is 5.34. The minimum absolute atomic E-state index is 0.125. The van der Waals surface area contributed by atoms with Crippen LogP contribution in [0.2, 0.25) is 0 Å². The van der Waals surface area contributed by atoms with Crippen LogP contribution in [0.25, 0.3) is 11.1 Å². The number of aromatic nitrogens is 2. The van der Waals surface area contributed by atoms with Crippen molar-refractivity contribution in [3.63, 3.8) is 0 Å². The third-order valence-corrected chi connectivity index (χ3v) is 3.19.